The Hall–Kier alpha value is -2.63. The van der Waals surface area contributed by atoms with Crippen LogP contribution in [0.15, 0.2) is 48.6 Å². The molecule has 0 fully saturated rings. The van der Waals surface area contributed by atoms with Crippen LogP contribution >= 0.6 is 0 Å². The molecule has 0 N–H and O–H groups in total. The molecule has 0 aromatic heterocycles. The van der Waals surface area contributed by atoms with Crippen molar-refractivity contribution in [3.8, 4) is 0 Å². The van der Waals surface area contributed by atoms with Crippen LogP contribution in [0.4, 0.5) is 0 Å². The van der Waals surface area contributed by atoms with Crippen LogP contribution < -0.4 is 0 Å². The molecular formula is C66H120O6. The molecule has 0 saturated heterocycles. The molecule has 0 aromatic rings. The Bertz CT molecular complexity index is 1250. The Kier molecular flexibility index (Phi) is 58.7. The highest BCUT2D eigenvalue weighted by Gasteiger charge is 2.19. The second-order valence-corrected chi connectivity index (χ2v) is 21.3. The van der Waals surface area contributed by atoms with Crippen molar-refractivity contribution in [2.45, 2.75) is 341 Å². The predicted octanol–water partition coefficient (Wildman–Crippen LogP) is 21.4. The average molecular weight is 1010 g/mol. The molecule has 0 heterocycles. The minimum absolute atomic E-state index is 0.0810. The quantitative estimate of drug-likeness (QED) is 0.0261. The third-order valence-electron chi connectivity index (χ3n) is 14.1. The average Bonchev–Trinajstić information content (AvgIpc) is 3.38. The van der Waals surface area contributed by atoms with Crippen LogP contribution in [0, 0.1) is 0 Å². The minimum atomic E-state index is -0.785. The summed E-state index contributed by atoms with van der Waals surface area (Å²) in [6, 6.07) is 0. The van der Waals surface area contributed by atoms with Crippen molar-refractivity contribution >= 4 is 17.9 Å². The maximum Gasteiger partial charge on any atom is 0.306 e. The third kappa shape index (κ3) is 58.3. The van der Waals surface area contributed by atoms with Crippen LogP contribution in [-0.4, -0.2) is 37.2 Å². The fraction of sp³-hybridized carbons (Fsp3) is 0.833. The van der Waals surface area contributed by atoms with E-state index in [2.05, 4.69) is 69.4 Å². The van der Waals surface area contributed by atoms with Gasteiger partial charge in [0.25, 0.3) is 0 Å². The standard InChI is InChI=1S/C66H120O6/c1-4-7-10-13-16-19-22-25-26-27-28-29-30-31-32-33-34-35-36-37-38-39-40-42-44-47-50-53-56-59-65(68)71-62-63(61-70-64(67)58-55-52-49-46-43-24-21-18-15-12-9-6-3)72-66(69)60-57-54-51-48-45-41-23-20-17-14-11-8-5-2/h8,11,17,20,27-28,41,45,63H,4-7,9-10,12-16,18-19,21-26,29-40,42-44,46-62H2,1-3H3/b11-8-,20-17-,28-27-,45-41-. The molecule has 420 valence electrons. The summed E-state index contributed by atoms with van der Waals surface area (Å²) in [5.74, 6) is -0.894. The van der Waals surface area contributed by atoms with Crippen molar-refractivity contribution in [1.29, 1.82) is 0 Å². The fourth-order valence-corrected chi connectivity index (χ4v) is 9.34. The van der Waals surface area contributed by atoms with Crippen molar-refractivity contribution < 1.29 is 28.6 Å². The SMILES string of the molecule is CC/C=C\C/C=C\C/C=C\CCCCCC(=O)OC(COC(=O)CCCCCCCCCCCCCC)COC(=O)CCCCCCCCCCCCCCCCCCC/C=C\CCCCCCCCCC. The van der Waals surface area contributed by atoms with Crippen LogP contribution in [0.25, 0.3) is 0 Å². The van der Waals surface area contributed by atoms with Gasteiger partial charge in [0.05, 0.1) is 0 Å². The topological polar surface area (TPSA) is 78.9 Å². The lowest BCUT2D eigenvalue weighted by atomic mass is 10.0. The van der Waals surface area contributed by atoms with Gasteiger partial charge >= 0.3 is 17.9 Å². The maximum atomic E-state index is 12.8. The number of unbranched alkanes of at least 4 members (excludes halogenated alkanes) is 39. The smallest absolute Gasteiger partial charge is 0.306 e. The van der Waals surface area contributed by atoms with E-state index in [1.54, 1.807) is 0 Å². The van der Waals surface area contributed by atoms with E-state index in [1.807, 2.05) is 0 Å². The summed E-state index contributed by atoms with van der Waals surface area (Å²) in [6.07, 6.45) is 75.7. The summed E-state index contributed by atoms with van der Waals surface area (Å²) in [5.41, 5.74) is 0. The Morgan fingerprint density at radius 2 is 0.542 bits per heavy atom. The number of esters is 3. The molecule has 6 heteroatoms. The van der Waals surface area contributed by atoms with Crippen molar-refractivity contribution in [2.24, 2.45) is 0 Å². The van der Waals surface area contributed by atoms with Crippen LogP contribution in [0.5, 0.6) is 0 Å². The monoisotopic (exact) mass is 1010 g/mol. The molecule has 0 amide bonds. The van der Waals surface area contributed by atoms with Gasteiger partial charge in [0.15, 0.2) is 6.10 Å². The van der Waals surface area contributed by atoms with E-state index in [0.29, 0.717) is 19.3 Å². The molecule has 0 aromatic carbocycles. The van der Waals surface area contributed by atoms with E-state index < -0.39 is 6.10 Å². The number of hydrogen-bond donors (Lipinski definition) is 0. The summed E-state index contributed by atoms with van der Waals surface area (Å²) >= 11 is 0. The van der Waals surface area contributed by atoms with Gasteiger partial charge in [-0.05, 0) is 77.0 Å². The first-order valence-corrected chi connectivity index (χ1v) is 31.6. The maximum absolute atomic E-state index is 12.8. The van der Waals surface area contributed by atoms with Gasteiger partial charge < -0.3 is 14.2 Å². The summed E-state index contributed by atoms with van der Waals surface area (Å²) in [4.78, 5) is 38.1. The normalized spacial score (nSPS) is 12.3. The second-order valence-electron chi connectivity index (χ2n) is 21.3. The summed E-state index contributed by atoms with van der Waals surface area (Å²) in [6.45, 7) is 6.54. The van der Waals surface area contributed by atoms with E-state index in [4.69, 9.17) is 14.2 Å². The third-order valence-corrected chi connectivity index (χ3v) is 14.1. The number of carbonyl (C=O) groups is 3. The van der Waals surface area contributed by atoms with Crippen LogP contribution in [0.2, 0.25) is 0 Å². The number of ether oxygens (including phenoxy) is 3. The van der Waals surface area contributed by atoms with Crippen LogP contribution in [0.1, 0.15) is 335 Å². The molecule has 0 aliphatic rings. The van der Waals surface area contributed by atoms with Gasteiger partial charge in [-0.15, -0.1) is 0 Å². The fourth-order valence-electron chi connectivity index (χ4n) is 9.34. The zero-order valence-corrected chi connectivity index (χ0v) is 48.2. The van der Waals surface area contributed by atoms with Gasteiger partial charge in [0, 0.05) is 19.3 Å². The van der Waals surface area contributed by atoms with Gasteiger partial charge in [-0.1, -0.05) is 288 Å². The van der Waals surface area contributed by atoms with Crippen LogP contribution in [0.3, 0.4) is 0 Å². The molecule has 0 radical (unpaired) electrons. The van der Waals surface area contributed by atoms with E-state index in [0.717, 1.165) is 83.5 Å². The molecule has 0 aliphatic carbocycles. The Labute approximate surface area is 448 Å². The molecule has 1 atom stereocenters. The zero-order valence-electron chi connectivity index (χ0n) is 48.2. The molecule has 0 spiro atoms. The number of allylic oxidation sites excluding steroid dienone is 8. The largest absolute Gasteiger partial charge is 0.462 e. The van der Waals surface area contributed by atoms with Crippen molar-refractivity contribution in [3.05, 3.63) is 48.6 Å². The highest BCUT2D eigenvalue weighted by molar-refractivity contribution is 5.71. The van der Waals surface area contributed by atoms with Gasteiger partial charge in [0.2, 0.25) is 0 Å². The van der Waals surface area contributed by atoms with E-state index >= 15 is 0 Å². The Morgan fingerprint density at radius 3 is 0.875 bits per heavy atom. The zero-order chi connectivity index (χ0) is 52.2. The molecule has 0 aliphatic heterocycles. The Morgan fingerprint density at radius 1 is 0.292 bits per heavy atom. The Balaban J connectivity index is 4.13. The second kappa shape index (κ2) is 60.9. The van der Waals surface area contributed by atoms with E-state index in [-0.39, 0.29) is 31.1 Å². The van der Waals surface area contributed by atoms with Crippen molar-refractivity contribution in [3.63, 3.8) is 0 Å². The number of carbonyl (C=O) groups excluding carboxylic acids is 3. The molecular weight excluding hydrogens is 889 g/mol. The summed E-state index contributed by atoms with van der Waals surface area (Å²) in [5, 5.41) is 0. The molecule has 1 unspecified atom stereocenters. The highest BCUT2D eigenvalue weighted by atomic mass is 16.6. The lowest BCUT2D eigenvalue weighted by molar-refractivity contribution is -0.167. The lowest BCUT2D eigenvalue weighted by Gasteiger charge is -2.18. The van der Waals surface area contributed by atoms with Gasteiger partial charge in [-0.3, -0.25) is 14.4 Å². The van der Waals surface area contributed by atoms with Crippen molar-refractivity contribution in [2.75, 3.05) is 13.2 Å². The summed E-state index contributed by atoms with van der Waals surface area (Å²) in [7, 11) is 0. The van der Waals surface area contributed by atoms with Gasteiger partial charge in [-0.25, -0.2) is 0 Å². The van der Waals surface area contributed by atoms with E-state index in [9.17, 15) is 14.4 Å². The number of hydrogen-bond acceptors (Lipinski definition) is 6. The predicted molar refractivity (Wildman–Crippen MR) is 312 cm³/mol. The summed E-state index contributed by atoms with van der Waals surface area (Å²) < 4.78 is 16.9. The van der Waals surface area contributed by atoms with Crippen LogP contribution in [-0.2, 0) is 28.6 Å². The molecule has 0 rings (SSSR count). The molecule has 72 heavy (non-hydrogen) atoms. The first-order chi connectivity index (χ1) is 35.5. The van der Waals surface area contributed by atoms with Gasteiger partial charge in [-0.2, -0.15) is 0 Å². The van der Waals surface area contributed by atoms with Gasteiger partial charge in [0.1, 0.15) is 13.2 Å². The lowest BCUT2D eigenvalue weighted by Crippen LogP contribution is -2.30. The molecule has 6 nitrogen and oxygen atoms in total. The minimum Gasteiger partial charge on any atom is -0.462 e. The first-order valence-electron chi connectivity index (χ1n) is 31.6. The number of rotatable bonds is 58. The van der Waals surface area contributed by atoms with Crippen molar-refractivity contribution in [1.82, 2.24) is 0 Å². The molecule has 0 saturated carbocycles. The van der Waals surface area contributed by atoms with E-state index in [1.165, 1.54) is 212 Å². The highest BCUT2D eigenvalue weighted by Crippen LogP contribution is 2.17. The molecule has 0 bridgehead atoms. The first kappa shape index (κ1) is 69.4.